The minimum atomic E-state index is -4.87. The molecule has 0 aliphatic heterocycles. The molecule has 0 saturated carbocycles. The van der Waals surface area contributed by atoms with Crippen molar-refractivity contribution in [2.24, 2.45) is 0 Å². The first kappa shape index (κ1) is 13.6. The highest BCUT2D eigenvalue weighted by atomic mass is 79.9. The molecule has 0 amide bonds. The van der Waals surface area contributed by atoms with Crippen molar-refractivity contribution in [3.05, 3.63) is 27.7 Å². The van der Waals surface area contributed by atoms with E-state index in [4.69, 9.17) is 5.26 Å². The highest BCUT2D eigenvalue weighted by Gasteiger charge is 2.32. The molecule has 0 aliphatic rings. The van der Waals surface area contributed by atoms with E-state index in [0.717, 1.165) is 6.07 Å². The van der Waals surface area contributed by atoms with Crippen LogP contribution in [0.2, 0.25) is 0 Å². The molecule has 0 bridgehead atoms. The van der Waals surface area contributed by atoms with Gasteiger partial charge >= 0.3 is 6.36 Å². The predicted molar refractivity (Wildman–Crippen MR) is 55.7 cm³/mol. The van der Waals surface area contributed by atoms with Gasteiger partial charge in [-0.25, -0.2) is 0 Å². The molecule has 0 aliphatic carbocycles. The summed E-state index contributed by atoms with van der Waals surface area (Å²) in [5, 5.41) is 8.53. The van der Waals surface area contributed by atoms with Gasteiger partial charge in [-0.1, -0.05) is 15.9 Å². The zero-order valence-corrected chi connectivity index (χ0v) is 9.85. The summed E-state index contributed by atoms with van der Waals surface area (Å²) in [5.74, 6) is -0.562. The number of nitrogens with one attached hydrogen (secondary N) is 1. The van der Waals surface area contributed by atoms with Crippen molar-refractivity contribution in [3.8, 4) is 11.8 Å². The van der Waals surface area contributed by atoms with Gasteiger partial charge in [0.25, 0.3) is 5.56 Å². The van der Waals surface area contributed by atoms with Crippen LogP contribution in [0.4, 0.5) is 13.2 Å². The third kappa shape index (κ3) is 3.78. The average Bonchev–Trinajstić information content (AvgIpc) is 2.20. The molecule has 1 heterocycles. The fourth-order valence-electron chi connectivity index (χ4n) is 1.12. The first-order valence-electron chi connectivity index (χ1n) is 4.31. The van der Waals surface area contributed by atoms with Crippen molar-refractivity contribution in [2.75, 3.05) is 0 Å². The van der Waals surface area contributed by atoms with Crippen molar-refractivity contribution < 1.29 is 17.9 Å². The third-order valence-electron chi connectivity index (χ3n) is 1.78. The summed E-state index contributed by atoms with van der Waals surface area (Å²) in [4.78, 5) is 13.5. The van der Waals surface area contributed by atoms with Crippen LogP contribution in [0.1, 0.15) is 11.3 Å². The van der Waals surface area contributed by atoms with Gasteiger partial charge in [-0.05, 0) is 6.07 Å². The fourth-order valence-corrected chi connectivity index (χ4v) is 1.53. The third-order valence-corrected chi connectivity index (χ3v) is 2.39. The van der Waals surface area contributed by atoms with Crippen LogP contribution in [-0.2, 0) is 11.8 Å². The number of ether oxygens (including phenoxy) is 1. The normalized spacial score (nSPS) is 11.0. The van der Waals surface area contributed by atoms with E-state index in [1.54, 1.807) is 6.07 Å². The zero-order chi connectivity index (χ0) is 13.1. The quantitative estimate of drug-likeness (QED) is 0.871. The van der Waals surface area contributed by atoms with E-state index in [0.29, 0.717) is 0 Å². The maximum atomic E-state index is 12.1. The fraction of sp³-hybridized carbons (Fsp3) is 0.333. The lowest BCUT2D eigenvalue weighted by Crippen LogP contribution is -2.21. The summed E-state index contributed by atoms with van der Waals surface area (Å²) in [6.45, 7) is 0. The largest absolute Gasteiger partial charge is 0.573 e. The summed E-state index contributed by atoms with van der Waals surface area (Å²) < 4.78 is 40.0. The Kier molecular flexibility index (Phi) is 4.17. The first-order valence-corrected chi connectivity index (χ1v) is 5.43. The van der Waals surface area contributed by atoms with Gasteiger partial charge in [-0.2, -0.15) is 5.26 Å². The van der Waals surface area contributed by atoms with Gasteiger partial charge in [0.05, 0.1) is 18.2 Å². The molecule has 17 heavy (non-hydrogen) atoms. The molecule has 1 aromatic heterocycles. The van der Waals surface area contributed by atoms with Crippen LogP contribution < -0.4 is 10.3 Å². The standard InChI is InChI=1S/C9H6BrF3N2O2/c10-4-5-3-7(17-9(11,12)13)6(1-2-14)15-8(5)16/h3H,1,4H2,(H,15,16). The number of hydrogen-bond acceptors (Lipinski definition) is 3. The van der Waals surface area contributed by atoms with Crippen LogP contribution in [0.15, 0.2) is 10.9 Å². The van der Waals surface area contributed by atoms with Gasteiger partial charge in [-0.15, -0.1) is 13.2 Å². The van der Waals surface area contributed by atoms with Gasteiger partial charge in [0.1, 0.15) is 5.75 Å². The molecule has 1 N–H and O–H groups in total. The molecule has 1 aromatic rings. The minimum Gasteiger partial charge on any atom is -0.404 e. The lowest BCUT2D eigenvalue weighted by Gasteiger charge is -2.12. The number of H-pyrrole nitrogens is 1. The average molecular weight is 311 g/mol. The van der Waals surface area contributed by atoms with E-state index in [1.165, 1.54) is 0 Å². The lowest BCUT2D eigenvalue weighted by atomic mass is 10.2. The molecule has 92 valence electrons. The van der Waals surface area contributed by atoms with Crippen molar-refractivity contribution in [1.82, 2.24) is 4.98 Å². The van der Waals surface area contributed by atoms with Crippen LogP contribution in [0.5, 0.6) is 5.75 Å². The number of pyridine rings is 1. The number of aromatic amines is 1. The number of rotatable bonds is 3. The molecular formula is C9H6BrF3N2O2. The molecule has 0 atom stereocenters. The van der Waals surface area contributed by atoms with Crippen LogP contribution >= 0.6 is 15.9 Å². The predicted octanol–water partition coefficient (Wildman–Crippen LogP) is 2.23. The topological polar surface area (TPSA) is 65.9 Å². The first-order chi connectivity index (χ1) is 7.87. The van der Waals surface area contributed by atoms with E-state index in [2.05, 4.69) is 25.7 Å². The number of alkyl halides is 4. The Balaban J connectivity index is 3.25. The molecule has 8 heteroatoms. The van der Waals surface area contributed by atoms with Crippen molar-refractivity contribution in [3.63, 3.8) is 0 Å². The van der Waals surface area contributed by atoms with Crippen molar-refractivity contribution in [1.29, 1.82) is 5.26 Å². The SMILES string of the molecule is N#CCc1[nH]c(=O)c(CBr)cc1OC(F)(F)F. The van der Waals surface area contributed by atoms with Crippen LogP contribution in [0.3, 0.4) is 0 Å². The summed E-state index contributed by atoms with van der Waals surface area (Å²) in [5.41, 5.74) is -0.660. The van der Waals surface area contributed by atoms with E-state index in [1.807, 2.05) is 0 Å². The summed E-state index contributed by atoms with van der Waals surface area (Å²) >= 11 is 2.96. The van der Waals surface area contributed by atoms with Crippen LogP contribution in [0.25, 0.3) is 0 Å². The van der Waals surface area contributed by atoms with Gasteiger partial charge in [-0.3, -0.25) is 4.79 Å². The highest BCUT2D eigenvalue weighted by molar-refractivity contribution is 9.08. The van der Waals surface area contributed by atoms with E-state index < -0.39 is 17.7 Å². The maximum absolute atomic E-state index is 12.1. The maximum Gasteiger partial charge on any atom is 0.573 e. The number of hydrogen-bond donors (Lipinski definition) is 1. The van der Waals surface area contributed by atoms with E-state index >= 15 is 0 Å². The second-order valence-electron chi connectivity index (χ2n) is 2.98. The van der Waals surface area contributed by atoms with Gasteiger partial charge in [0, 0.05) is 10.9 Å². The molecular weight excluding hydrogens is 305 g/mol. The molecule has 0 saturated heterocycles. The Bertz CT molecular complexity index is 504. The Morgan fingerprint density at radius 2 is 2.18 bits per heavy atom. The second-order valence-corrected chi connectivity index (χ2v) is 3.54. The van der Waals surface area contributed by atoms with Crippen molar-refractivity contribution >= 4 is 15.9 Å². The van der Waals surface area contributed by atoms with Crippen molar-refractivity contribution in [2.45, 2.75) is 18.1 Å². The summed E-state index contributed by atoms with van der Waals surface area (Å²) in [6, 6.07) is 2.61. The second kappa shape index (κ2) is 5.23. The molecule has 0 radical (unpaired) electrons. The zero-order valence-electron chi connectivity index (χ0n) is 8.27. The molecule has 0 fully saturated rings. The van der Waals surface area contributed by atoms with Crippen LogP contribution in [-0.4, -0.2) is 11.3 Å². The van der Waals surface area contributed by atoms with Crippen LogP contribution in [0, 0.1) is 11.3 Å². The lowest BCUT2D eigenvalue weighted by molar-refractivity contribution is -0.275. The Hall–Kier alpha value is -1.49. The Labute approximate surface area is 102 Å². The molecule has 1 rings (SSSR count). The minimum absolute atomic E-state index is 0.0867. The van der Waals surface area contributed by atoms with Gasteiger partial charge < -0.3 is 9.72 Å². The number of nitrogens with zero attached hydrogens (tertiary/aromatic N) is 1. The molecule has 0 unspecified atom stereocenters. The smallest absolute Gasteiger partial charge is 0.404 e. The molecule has 0 aromatic carbocycles. The Morgan fingerprint density at radius 3 is 2.65 bits per heavy atom. The van der Waals surface area contributed by atoms with Gasteiger partial charge in [0.2, 0.25) is 0 Å². The van der Waals surface area contributed by atoms with E-state index in [9.17, 15) is 18.0 Å². The monoisotopic (exact) mass is 310 g/mol. The molecule has 4 nitrogen and oxygen atoms in total. The molecule has 0 spiro atoms. The number of halogens is 4. The van der Waals surface area contributed by atoms with Gasteiger partial charge in [0.15, 0.2) is 0 Å². The van der Waals surface area contributed by atoms with E-state index in [-0.39, 0.29) is 23.0 Å². The Morgan fingerprint density at radius 1 is 1.53 bits per heavy atom. The number of nitriles is 1. The summed E-state index contributed by atoms with van der Waals surface area (Å²) in [6.07, 6.45) is -5.24. The highest BCUT2D eigenvalue weighted by Crippen LogP contribution is 2.25. The number of aromatic nitrogens is 1. The summed E-state index contributed by atoms with van der Waals surface area (Å²) in [7, 11) is 0.